The second kappa shape index (κ2) is 4.77. The second-order valence-electron chi connectivity index (χ2n) is 3.86. The predicted molar refractivity (Wildman–Crippen MR) is 61.2 cm³/mol. The fourth-order valence-corrected chi connectivity index (χ4v) is 1.66. The number of aromatic nitrogens is 2. The minimum absolute atomic E-state index is 0.576. The summed E-state index contributed by atoms with van der Waals surface area (Å²) in [4.78, 5) is 10.3. The van der Waals surface area contributed by atoms with Gasteiger partial charge in [0.05, 0.1) is 6.20 Å². The van der Waals surface area contributed by atoms with Gasteiger partial charge in [-0.3, -0.25) is 0 Å². The molecule has 1 saturated carbocycles. The van der Waals surface area contributed by atoms with Crippen LogP contribution in [0.25, 0.3) is 0 Å². The first-order valence-electron chi connectivity index (χ1n) is 5.17. The van der Waals surface area contributed by atoms with Crippen LogP contribution >= 0.6 is 11.6 Å². The number of nitrogens with zero attached hydrogens (tertiary/aromatic N) is 3. The molecule has 0 unspecified atom stereocenters. The van der Waals surface area contributed by atoms with E-state index >= 15 is 0 Å². The summed E-state index contributed by atoms with van der Waals surface area (Å²) >= 11 is 5.91. The van der Waals surface area contributed by atoms with E-state index in [1.807, 2.05) is 0 Å². The highest BCUT2D eigenvalue weighted by Gasteiger charge is 2.25. The Bertz CT molecular complexity index is 327. The molecule has 4 nitrogen and oxygen atoms in total. The molecule has 1 aliphatic carbocycles. The smallest absolute Gasteiger partial charge is 0.148 e. The molecule has 0 amide bonds. The van der Waals surface area contributed by atoms with Crippen LogP contribution < -0.4 is 5.32 Å². The molecule has 82 valence electrons. The van der Waals surface area contributed by atoms with Gasteiger partial charge in [0.1, 0.15) is 17.2 Å². The number of rotatable bonds is 5. The van der Waals surface area contributed by atoms with Gasteiger partial charge in [-0.05, 0) is 19.9 Å². The van der Waals surface area contributed by atoms with Crippen molar-refractivity contribution in [1.29, 1.82) is 0 Å². The molecule has 1 N–H and O–H groups in total. The monoisotopic (exact) mass is 226 g/mol. The Hall–Kier alpha value is -0.870. The Morgan fingerprint density at radius 1 is 1.60 bits per heavy atom. The van der Waals surface area contributed by atoms with Gasteiger partial charge in [-0.1, -0.05) is 11.6 Å². The summed E-state index contributed by atoms with van der Waals surface area (Å²) in [5.41, 5.74) is 0. The topological polar surface area (TPSA) is 41.0 Å². The van der Waals surface area contributed by atoms with E-state index in [4.69, 9.17) is 11.6 Å². The molecule has 1 fully saturated rings. The summed E-state index contributed by atoms with van der Waals surface area (Å²) in [6.45, 7) is 1.88. The molecule has 0 spiro atoms. The molecule has 0 bridgehead atoms. The maximum absolute atomic E-state index is 5.91. The molecule has 0 atom stereocenters. The molecule has 1 aromatic rings. The quantitative estimate of drug-likeness (QED) is 0.829. The van der Waals surface area contributed by atoms with E-state index in [9.17, 15) is 0 Å². The summed E-state index contributed by atoms with van der Waals surface area (Å²) in [5.74, 6) is 0.718. The van der Waals surface area contributed by atoms with Gasteiger partial charge in [0, 0.05) is 19.1 Å². The molecule has 5 heteroatoms. The van der Waals surface area contributed by atoms with E-state index in [2.05, 4.69) is 27.2 Å². The highest BCUT2D eigenvalue weighted by molar-refractivity contribution is 6.32. The summed E-state index contributed by atoms with van der Waals surface area (Å²) in [6.07, 6.45) is 5.77. The molecular weight excluding hydrogens is 212 g/mol. The Kier molecular flexibility index (Phi) is 3.38. The van der Waals surface area contributed by atoms with Crippen molar-refractivity contribution in [3.05, 3.63) is 17.5 Å². The van der Waals surface area contributed by atoms with E-state index in [1.165, 1.54) is 19.2 Å². The van der Waals surface area contributed by atoms with Crippen LogP contribution in [0.5, 0.6) is 0 Å². The van der Waals surface area contributed by atoms with Gasteiger partial charge in [0.15, 0.2) is 0 Å². The predicted octanol–water partition coefficient (Wildman–Crippen LogP) is 1.64. The van der Waals surface area contributed by atoms with E-state index in [0.29, 0.717) is 5.02 Å². The molecule has 2 rings (SSSR count). The van der Waals surface area contributed by atoms with Crippen LogP contribution in [-0.2, 0) is 0 Å². The SMILES string of the molecule is CN(CCNc1ncncc1Cl)C1CC1. The van der Waals surface area contributed by atoms with Gasteiger partial charge in [-0.25, -0.2) is 9.97 Å². The number of anilines is 1. The first-order chi connectivity index (χ1) is 7.27. The Balaban J connectivity index is 1.75. The van der Waals surface area contributed by atoms with Gasteiger partial charge < -0.3 is 10.2 Å². The van der Waals surface area contributed by atoms with Crippen LogP contribution in [-0.4, -0.2) is 41.0 Å². The van der Waals surface area contributed by atoms with Crippen LogP contribution in [0.1, 0.15) is 12.8 Å². The van der Waals surface area contributed by atoms with Gasteiger partial charge in [0.25, 0.3) is 0 Å². The molecule has 1 aliphatic rings. The molecule has 0 aromatic carbocycles. The van der Waals surface area contributed by atoms with Crippen LogP contribution in [0.15, 0.2) is 12.5 Å². The lowest BCUT2D eigenvalue weighted by Gasteiger charge is -2.16. The van der Waals surface area contributed by atoms with Crippen molar-refractivity contribution < 1.29 is 0 Å². The van der Waals surface area contributed by atoms with Gasteiger partial charge in [-0.15, -0.1) is 0 Å². The van der Waals surface area contributed by atoms with Gasteiger partial charge in [0.2, 0.25) is 0 Å². The van der Waals surface area contributed by atoms with Gasteiger partial charge >= 0.3 is 0 Å². The fraction of sp³-hybridized carbons (Fsp3) is 0.600. The summed E-state index contributed by atoms with van der Waals surface area (Å²) in [6, 6.07) is 0.799. The lowest BCUT2D eigenvalue weighted by molar-refractivity contribution is 0.337. The summed E-state index contributed by atoms with van der Waals surface area (Å²) < 4.78 is 0. The summed E-state index contributed by atoms with van der Waals surface area (Å²) in [7, 11) is 2.15. The number of halogens is 1. The zero-order valence-corrected chi connectivity index (χ0v) is 9.54. The van der Waals surface area contributed by atoms with E-state index in [1.54, 1.807) is 6.20 Å². The van der Waals surface area contributed by atoms with Crippen molar-refractivity contribution in [2.45, 2.75) is 18.9 Å². The van der Waals surface area contributed by atoms with E-state index in [0.717, 1.165) is 24.9 Å². The average molecular weight is 227 g/mol. The summed E-state index contributed by atoms with van der Waals surface area (Å²) in [5, 5.41) is 3.78. The zero-order valence-electron chi connectivity index (χ0n) is 8.78. The van der Waals surface area contributed by atoms with Gasteiger partial charge in [-0.2, -0.15) is 0 Å². The Morgan fingerprint density at radius 2 is 2.40 bits per heavy atom. The Labute approximate surface area is 94.7 Å². The number of likely N-dealkylation sites (N-methyl/N-ethyl adjacent to an activating group) is 1. The minimum atomic E-state index is 0.576. The van der Waals surface area contributed by atoms with Crippen molar-refractivity contribution in [3.8, 4) is 0 Å². The molecule has 0 aliphatic heterocycles. The molecule has 15 heavy (non-hydrogen) atoms. The highest BCUT2D eigenvalue weighted by Crippen LogP contribution is 2.24. The van der Waals surface area contributed by atoms with Crippen molar-refractivity contribution >= 4 is 17.4 Å². The molecular formula is C10H15ClN4. The van der Waals surface area contributed by atoms with Crippen molar-refractivity contribution in [2.24, 2.45) is 0 Å². The van der Waals surface area contributed by atoms with Crippen LogP contribution in [0.3, 0.4) is 0 Å². The molecule has 0 saturated heterocycles. The van der Waals surface area contributed by atoms with E-state index < -0.39 is 0 Å². The molecule has 0 radical (unpaired) electrons. The van der Waals surface area contributed by atoms with Crippen LogP contribution in [0.4, 0.5) is 5.82 Å². The van der Waals surface area contributed by atoms with Crippen LogP contribution in [0, 0.1) is 0 Å². The normalized spacial score (nSPS) is 15.7. The van der Waals surface area contributed by atoms with Crippen molar-refractivity contribution in [3.63, 3.8) is 0 Å². The average Bonchev–Trinajstić information content (AvgIpc) is 3.04. The standard InChI is InChI=1S/C10H15ClN4/c1-15(8-2-3-8)5-4-13-10-9(11)6-12-7-14-10/h6-8H,2-5H2,1H3,(H,12,13,14). The van der Waals surface area contributed by atoms with E-state index in [-0.39, 0.29) is 0 Å². The Morgan fingerprint density at radius 3 is 3.07 bits per heavy atom. The third-order valence-corrected chi connectivity index (χ3v) is 2.87. The highest BCUT2D eigenvalue weighted by atomic mass is 35.5. The number of hydrogen-bond acceptors (Lipinski definition) is 4. The molecule has 1 aromatic heterocycles. The first kappa shape index (κ1) is 10.6. The molecule has 1 heterocycles. The van der Waals surface area contributed by atoms with Crippen molar-refractivity contribution in [1.82, 2.24) is 14.9 Å². The maximum atomic E-state index is 5.91. The number of hydrogen-bond donors (Lipinski definition) is 1. The minimum Gasteiger partial charge on any atom is -0.367 e. The largest absolute Gasteiger partial charge is 0.367 e. The van der Waals surface area contributed by atoms with Crippen molar-refractivity contribution in [2.75, 3.05) is 25.5 Å². The first-order valence-corrected chi connectivity index (χ1v) is 5.55. The second-order valence-corrected chi connectivity index (χ2v) is 4.27. The third kappa shape index (κ3) is 3.04. The lowest BCUT2D eigenvalue weighted by atomic mass is 10.5. The fourth-order valence-electron chi connectivity index (χ4n) is 1.49. The third-order valence-electron chi connectivity index (χ3n) is 2.59. The zero-order chi connectivity index (χ0) is 10.7. The maximum Gasteiger partial charge on any atom is 0.148 e. The number of nitrogens with one attached hydrogen (secondary N) is 1. The van der Waals surface area contributed by atoms with Crippen LogP contribution in [0.2, 0.25) is 5.02 Å². The lowest BCUT2D eigenvalue weighted by Crippen LogP contribution is -2.27.